The van der Waals surface area contributed by atoms with Crippen LogP contribution >= 0.6 is 15.9 Å². The summed E-state index contributed by atoms with van der Waals surface area (Å²) in [7, 11) is 0. The van der Waals surface area contributed by atoms with Gasteiger partial charge in [-0.05, 0) is 56.5 Å². The summed E-state index contributed by atoms with van der Waals surface area (Å²) in [6, 6.07) is 8.46. The maximum atomic E-state index is 5.89. The summed E-state index contributed by atoms with van der Waals surface area (Å²) in [4.78, 5) is 0. The third kappa shape index (κ3) is 2.13. The lowest BCUT2D eigenvalue weighted by molar-refractivity contribution is 0.659. The van der Waals surface area contributed by atoms with Crippen molar-refractivity contribution in [3.8, 4) is 5.69 Å². The molecule has 19 heavy (non-hydrogen) atoms. The molecule has 0 unspecified atom stereocenters. The molecule has 0 atom stereocenters. The number of nitrogens with two attached hydrogens (primary N) is 1. The number of aromatic nitrogens is 2. The van der Waals surface area contributed by atoms with Crippen LogP contribution in [0.2, 0.25) is 0 Å². The molecule has 100 valence electrons. The lowest BCUT2D eigenvalue weighted by Gasteiger charge is -2.10. The maximum Gasteiger partial charge on any atom is 0.0706 e. The minimum Gasteiger partial charge on any atom is -0.330 e. The Kier molecular flexibility index (Phi) is 3.02. The molecule has 1 aromatic heterocycles. The molecule has 1 saturated carbocycles. The highest BCUT2D eigenvalue weighted by Gasteiger charge is 2.45. The first kappa shape index (κ1) is 12.9. The molecule has 3 rings (SSSR count). The van der Waals surface area contributed by atoms with Crippen LogP contribution < -0.4 is 5.73 Å². The van der Waals surface area contributed by atoms with Gasteiger partial charge in [0.05, 0.1) is 11.4 Å². The molecule has 3 nitrogen and oxygen atoms in total. The standard InChI is InChI=1S/C15H18BrN3/c1-10-7-12(16)3-4-13(10)19-11(2)8-14(18-19)15(9-17)5-6-15/h3-4,7-8H,5-6,9,17H2,1-2H3. The Morgan fingerprint density at radius 1 is 1.32 bits per heavy atom. The van der Waals surface area contributed by atoms with Crippen molar-refractivity contribution >= 4 is 15.9 Å². The van der Waals surface area contributed by atoms with E-state index < -0.39 is 0 Å². The fraction of sp³-hybridized carbons (Fsp3) is 0.400. The summed E-state index contributed by atoms with van der Waals surface area (Å²) < 4.78 is 3.13. The molecule has 1 aliphatic rings. The van der Waals surface area contributed by atoms with Crippen molar-refractivity contribution < 1.29 is 0 Å². The maximum absolute atomic E-state index is 5.89. The van der Waals surface area contributed by atoms with E-state index in [-0.39, 0.29) is 5.41 Å². The van der Waals surface area contributed by atoms with Crippen molar-refractivity contribution in [3.05, 3.63) is 45.7 Å². The number of hydrogen-bond donors (Lipinski definition) is 1. The summed E-state index contributed by atoms with van der Waals surface area (Å²) in [6.07, 6.45) is 2.33. The molecule has 1 fully saturated rings. The van der Waals surface area contributed by atoms with Gasteiger partial charge in [0, 0.05) is 22.1 Å². The van der Waals surface area contributed by atoms with Gasteiger partial charge in [0.2, 0.25) is 0 Å². The topological polar surface area (TPSA) is 43.8 Å². The third-order valence-corrected chi connectivity index (χ3v) is 4.56. The Bertz CT molecular complexity index is 626. The second-order valence-electron chi connectivity index (χ2n) is 5.50. The first-order valence-corrected chi connectivity index (χ1v) is 7.39. The SMILES string of the molecule is Cc1cc(Br)ccc1-n1nc(C2(CN)CC2)cc1C. The Labute approximate surface area is 121 Å². The highest BCUT2D eigenvalue weighted by atomic mass is 79.9. The van der Waals surface area contributed by atoms with E-state index in [1.165, 1.54) is 24.1 Å². The summed E-state index contributed by atoms with van der Waals surface area (Å²) in [5.41, 5.74) is 10.7. The van der Waals surface area contributed by atoms with Gasteiger partial charge in [0.15, 0.2) is 0 Å². The van der Waals surface area contributed by atoms with Gasteiger partial charge in [0.1, 0.15) is 0 Å². The van der Waals surface area contributed by atoms with Crippen LogP contribution in [-0.2, 0) is 5.41 Å². The van der Waals surface area contributed by atoms with Crippen molar-refractivity contribution in [1.29, 1.82) is 0 Å². The van der Waals surface area contributed by atoms with Gasteiger partial charge in [-0.15, -0.1) is 0 Å². The Balaban J connectivity index is 2.06. The van der Waals surface area contributed by atoms with Crippen molar-refractivity contribution in [3.63, 3.8) is 0 Å². The molecule has 0 amide bonds. The number of nitrogens with zero attached hydrogens (tertiary/aromatic N) is 2. The minimum absolute atomic E-state index is 0.152. The van der Waals surface area contributed by atoms with Crippen molar-refractivity contribution in [2.45, 2.75) is 32.1 Å². The van der Waals surface area contributed by atoms with Gasteiger partial charge in [0.25, 0.3) is 0 Å². The summed E-state index contributed by atoms with van der Waals surface area (Å²) in [5, 5.41) is 4.80. The molecular weight excluding hydrogens is 302 g/mol. The van der Waals surface area contributed by atoms with Crippen LogP contribution in [0.1, 0.15) is 29.8 Å². The van der Waals surface area contributed by atoms with E-state index in [2.05, 4.69) is 54.0 Å². The molecule has 0 saturated heterocycles. The second kappa shape index (κ2) is 4.46. The van der Waals surface area contributed by atoms with Crippen LogP contribution in [0.4, 0.5) is 0 Å². The molecule has 2 aromatic rings. The lowest BCUT2D eigenvalue weighted by atomic mass is 10.0. The number of hydrogen-bond acceptors (Lipinski definition) is 2. The summed E-state index contributed by atoms with van der Waals surface area (Å²) >= 11 is 3.50. The van der Waals surface area contributed by atoms with E-state index in [9.17, 15) is 0 Å². The van der Waals surface area contributed by atoms with E-state index in [1.807, 2.05) is 4.68 Å². The van der Waals surface area contributed by atoms with E-state index in [1.54, 1.807) is 0 Å². The summed E-state index contributed by atoms with van der Waals surface area (Å²) in [6.45, 7) is 4.91. The van der Waals surface area contributed by atoms with Crippen LogP contribution in [0.25, 0.3) is 5.69 Å². The summed E-state index contributed by atoms with van der Waals surface area (Å²) in [5.74, 6) is 0. The highest BCUT2D eigenvalue weighted by molar-refractivity contribution is 9.10. The Morgan fingerprint density at radius 3 is 2.63 bits per heavy atom. The average molecular weight is 320 g/mol. The molecule has 0 radical (unpaired) electrons. The van der Waals surface area contributed by atoms with Gasteiger partial charge in [-0.2, -0.15) is 5.10 Å². The number of benzene rings is 1. The van der Waals surface area contributed by atoms with Crippen LogP contribution in [0.5, 0.6) is 0 Å². The van der Waals surface area contributed by atoms with Gasteiger partial charge >= 0.3 is 0 Å². The average Bonchev–Trinajstić information content (AvgIpc) is 3.08. The highest BCUT2D eigenvalue weighted by Crippen LogP contribution is 2.46. The molecule has 0 spiro atoms. The zero-order valence-corrected chi connectivity index (χ0v) is 12.9. The van der Waals surface area contributed by atoms with Crippen LogP contribution in [0.15, 0.2) is 28.7 Å². The molecule has 2 N–H and O–H groups in total. The smallest absolute Gasteiger partial charge is 0.0706 e. The second-order valence-corrected chi connectivity index (χ2v) is 6.41. The third-order valence-electron chi connectivity index (χ3n) is 4.06. The zero-order chi connectivity index (χ0) is 13.6. The fourth-order valence-electron chi connectivity index (χ4n) is 2.55. The zero-order valence-electron chi connectivity index (χ0n) is 11.3. The molecule has 4 heteroatoms. The number of aryl methyl sites for hydroxylation is 2. The van der Waals surface area contributed by atoms with Gasteiger partial charge < -0.3 is 5.73 Å². The predicted octanol–water partition coefficient (Wildman–Crippen LogP) is 3.24. The molecule has 0 aliphatic heterocycles. The Hall–Kier alpha value is -1.13. The number of rotatable bonds is 3. The lowest BCUT2D eigenvalue weighted by Crippen LogP contribution is -2.20. The van der Waals surface area contributed by atoms with E-state index in [0.717, 1.165) is 15.9 Å². The normalized spacial score (nSPS) is 16.6. The molecule has 0 bridgehead atoms. The van der Waals surface area contributed by atoms with Crippen molar-refractivity contribution in [1.82, 2.24) is 9.78 Å². The van der Waals surface area contributed by atoms with Gasteiger partial charge in [-0.25, -0.2) is 4.68 Å². The van der Waals surface area contributed by atoms with Crippen LogP contribution in [0, 0.1) is 13.8 Å². The van der Waals surface area contributed by atoms with E-state index in [4.69, 9.17) is 10.8 Å². The Morgan fingerprint density at radius 2 is 2.05 bits per heavy atom. The largest absolute Gasteiger partial charge is 0.330 e. The molecule has 1 aliphatic carbocycles. The minimum atomic E-state index is 0.152. The quantitative estimate of drug-likeness (QED) is 0.943. The fourth-order valence-corrected chi connectivity index (χ4v) is 3.03. The van der Waals surface area contributed by atoms with Crippen LogP contribution in [0.3, 0.4) is 0 Å². The first-order valence-electron chi connectivity index (χ1n) is 6.59. The van der Waals surface area contributed by atoms with Gasteiger partial charge in [-0.1, -0.05) is 15.9 Å². The van der Waals surface area contributed by atoms with E-state index >= 15 is 0 Å². The predicted molar refractivity (Wildman–Crippen MR) is 80.7 cm³/mol. The number of halogens is 1. The van der Waals surface area contributed by atoms with Gasteiger partial charge in [-0.3, -0.25) is 0 Å². The first-order chi connectivity index (χ1) is 9.05. The van der Waals surface area contributed by atoms with Crippen LogP contribution in [-0.4, -0.2) is 16.3 Å². The van der Waals surface area contributed by atoms with Crippen molar-refractivity contribution in [2.24, 2.45) is 5.73 Å². The van der Waals surface area contributed by atoms with Crippen molar-refractivity contribution in [2.75, 3.05) is 6.54 Å². The molecular formula is C15H18BrN3. The van der Waals surface area contributed by atoms with E-state index in [0.29, 0.717) is 6.54 Å². The molecule has 1 heterocycles. The monoisotopic (exact) mass is 319 g/mol. The molecule has 1 aromatic carbocycles.